The number of alkyl halides is 3. The van der Waals surface area contributed by atoms with Crippen LogP contribution in [0.2, 0.25) is 5.02 Å². The van der Waals surface area contributed by atoms with Gasteiger partial charge < -0.3 is 15.5 Å². The Labute approximate surface area is 194 Å². The molecular weight excluding hydrogens is 457 g/mol. The van der Waals surface area contributed by atoms with Gasteiger partial charge in [0.05, 0.1) is 17.6 Å². The summed E-state index contributed by atoms with van der Waals surface area (Å²) in [5, 5.41) is 6.46. The summed E-state index contributed by atoms with van der Waals surface area (Å²) in [5.74, 6) is -1.11. The number of hydrogen-bond acceptors (Lipinski definition) is 4. The molecule has 176 valence electrons. The molecule has 0 radical (unpaired) electrons. The highest BCUT2D eigenvalue weighted by Crippen LogP contribution is 2.37. The van der Waals surface area contributed by atoms with Gasteiger partial charge in [-0.1, -0.05) is 17.7 Å². The van der Waals surface area contributed by atoms with Gasteiger partial charge in [-0.3, -0.25) is 14.6 Å². The molecule has 1 saturated heterocycles. The first-order valence-corrected chi connectivity index (χ1v) is 11.1. The number of fused-ring (bicyclic) bond motifs is 1. The van der Waals surface area contributed by atoms with Crippen molar-refractivity contribution in [2.24, 2.45) is 0 Å². The van der Waals surface area contributed by atoms with Gasteiger partial charge in [-0.2, -0.15) is 13.2 Å². The standard InChI is InChI=1S/C23H24ClF3N4O2/c1-31(22(33)19-3-2-4-20(32)30-19)21(23(25,26)27)18-8-7-16(12-28-18)29-17-10-13-5-6-15(24)9-14(13)11-17/h5-9,12,17,19,21,29H,2-4,10-11H2,1H3,(H,30,32)/t17?,19?,21-/m0/s1. The molecule has 2 amide bonds. The smallest absolute Gasteiger partial charge is 0.380 e. The van der Waals surface area contributed by atoms with Gasteiger partial charge in [0.2, 0.25) is 11.8 Å². The number of hydrogen-bond donors (Lipinski definition) is 2. The molecule has 33 heavy (non-hydrogen) atoms. The predicted molar refractivity (Wildman–Crippen MR) is 118 cm³/mol. The molecule has 1 fully saturated rings. The van der Waals surface area contributed by atoms with Crippen molar-refractivity contribution in [3.63, 3.8) is 0 Å². The van der Waals surface area contributed by atoms with E-state index in [2.05, 4.69) is 15.6 Å². The molecule has 2 N–H and O–H groups in total. The van der Waals surface area contributed by atoms with E-state index in [1.807, 2.05) is 18.2 Å². The van der Waals surface area contributed by atoms with E-state index in [1.165, 1.54) is 23.9 Å². The maximum Gasteiger partial charge on any atom is 0.414 e. The Hall–Kier alpha value is -2.81. The predicted octanol–water partition coefficient (Wildman–Crippen LogP) is 4.04. The van der Waals surface area contributed by atoms with Gasteiger partial charge in [0.25, 0.3) is 0 Å². The molecule has 1 aromatic heterocycles. The first kappa shape index (κ1) is 23.4. The average molecular weight is 481 g/mol. The molecule has 4 rings (SSSR count). The van der Waals surface area contributed by atoms with E-state index in [9.17, 15) is 22.8 Å². The maximum atomic E-state index is 13.9. The number of halogens is 4. The zero-order valence-electron chi connectivity index (χ0n) is 18.0. The van der Waals surface area contributed by atoms with E-state index < -0.39 is 24.2 Å². The molecule has 0 bridgehead atoms. The third-order valence-electron chi connectivity index (χ3n) is 6.11. The lowest BCUT2D eigenvalue weighted by molar-refractivity contribution is -0.190. The highest BCUT2D eigenvalue weighted by Gasteiger charge is 2.47. The number of likely N-dealkylation sites (N-methyl/N-ethyl adjacent to an activating group) is 1. The monoisotopic (exact) mass is 480 g/mol. The number of nitrogens with one attached hydrogen (secondary N) is 2. The van der Waals surface area contributed by atoms with Crippen LogP contribution in [0.5, 0.6) is 0 Å². The minimum atomic E-state index is -4.72. The topological polar surface area (TPSA) is 74.3 Å². The fourth-order valence-corrected chi connectivity index (χ4v) is 4.72. The molecule has 10 heteroatoms. The number of anilines is 1. The number of nitrogens with zero attached hydrogens (tertiary/aromatic N) is 2. The number of piperidine rings is 1. The van der Waals surface area contributed by atoms with Crippen LogP contribution in [-0.2, 0) is 22.4 Å². The molecule has 2 aromatic rings. The fraction of sp³-hybridized carbons (Fsp3) is 0.435. The van der Waals surface area contributed by atoms with Crippen LogP contribution >= 0.6 is 11.6 Å². The summed E-state index contributed by atoms with van der Waals surface area (Å²) >= 11 is 6.05. The number of benzene rings is 1. The Kier molecular flexibility index (Phi) is 6.52. The molecule has 1 aliphatic heterocycles. The van der Waals surface area contributed by atoms with Crippen molar-refractivity contribution in [1.82, 2.24) is 15.2 Å². The van der Waals surface area contributed by atoms with Gasteiger partial charge in [-0.05, 0) is 61.1 Å². The first-order valence-electron chi connectivity index (χ1n) is 10.7. The fourth-order valence-electron chi connectivity index (χ4n) is 4.53. The summed E-state index contributed by atoms with van der Waals surface area (Å²) in [5.41, 5.74) is 2.65. The Morgan fingerprint density at radius 2 is 2.00 bits per heavy atom. The number of carbonyl (C=O) groups excluding carboxylic acids is 2. The number of pyridine rings is 1. The molecule has 2 unspecified atom stereocenters. The zero-order valence-corrected chi connectivity index (χ0v) is 18.7. The van der Waals surface area contributed by atoms with Crippen LogP contribution in [0, 0.1) is 0 Å². The second-order valence-corrected chi connectivity index (χ2v) is 8.98. The molecule has 3 atom stereocenters. The Morgan fingerprint density at radius 1 is 1.24 bits per heavy atom. The van der Waals surface area contributed by atoms with Gasteiger partial charge in [0.15, 0.2) is 6.04 Å². The molecule has 1 aliphatic carbocycles. The SMILES string of the molecule is CN(C(=O)C1CCCC(=O)N1)[C@@H](c1ccc(NC2Cc3ccc(Cl)cc3C2)cn1)C(F)(F)F. The van der Waals surface area contributed by atoms with E-state index >= 15 is 0 Å². The summed E-state index contributed by atoms with van der Waals surface area (Å²) in [6, 6.07) is 5.48. The van der Waals surface area contributed by atoms with Crippen LogP contribution in [0.25, 0.3) is 0 Å². The molecular formula is C23H24ClF3N4O2. The third-order valence-corrected chi connectivity index (χ3v) is 6.35. The van der Waals surface area contributed by atoms with E-state index in [0.717, 1.165) is 25.5 Å². The summed E-state index contributed by atoms with van der Waals surface area (Å²) in [6.07, 6.45) is -0.794. The minimum absolute atomic E-state index is 0.0868. The maximum absolute atomic E-state index is 13.9. The van der Waals surface area contributed by atoms with E-state index in [1.54, 1.807) is 0 Å². The largest absolute Gasteiger partial charge is 0.414 e. The van der Waals surface area contributed by atoms with Crippen molar-refractivity contribution >= 4 is 29.1 Å². The highest BCUT2D eigenvalue weighted by atomic mass is 35.5. The number of amides is 2. The van der Waals surface area contributed by atoms with Crippen molar-refractivity contribution < 1.29 is 22.8 Å². The van der Waals surface area contributed by atoms with Gasteiger partial charge in [-0.15, -0.1) is 0 Å². The highest BCUT2D eigenvalue weighted by molar-refractivity contribution is 6.30. The van der Waals surface area contributed by atoms with Gasteiger partial charge in [0, 0.05) is 24.5 Å². The number of carbonyl (C=O) groups is 2. The van der Waals surface area contributed by atoms with E-state index in [-0.39, 0.29) is 24.1 Å². The van der Waals surface area contributed by atoms with Crippen LogP contribution in [0.4, 0.5) is 18.9 Å². The lowest BCUT2D eigenvalue weighted by atomic mass is 10.0. The van der Waals surface area contributed by atoms with Crippen LogP contribution in [-0.4, -0.2) is 47.0 Å². The summed E-state index contributed by atoms with van der Waals surface area (Å²) in [4.78, 5) is 28.9. The molecule has 0 spiro atoms. The van der Waals surface area contributed by atoms with Crippen LogP contribution in [0.3, 0.4) is 0 Å². The van der Waals surface area contributed by atoms with Crippen molar-refractivity contribution in [3.05, 3.63) is 58.4 Å². The minimum Gasteiger partial charge on any atom is -0.380 e. The second-order valence-electron chi connectivity index (χ2n) is 8.54. The van der Waals surface area contributed by atoms with Gasteiger partial charge in [0.1, 0.15) is 6.04 Å². The Morgan fingerprint density at radius 3 is 2.67 bits per heavy atom. The molecule has 2 aliphatic rings. The zero-order chi connectivity index (χ0) is 23.8. The van der Waals surface area contributed by atoms with Crippen molar-refractivity contribution in [1.29, 1.82) is 0 Å². The van der Waals surface area contributed by atoms with Crippen LogP contribution < -0.4 is 10.6 Å². The lowest BCUT2D eigenvalue weighted by Gasteiger charge is -2.33. The summed E-state index contributed by atoms with van der Waals surface area (Å²) in [6.45, 7) is 0. The third kappa shape index (κ3) is 5.24. The van der Waals surface area contributed by atoms with Crippen LogP contribution in [0.15, 0.2) is 36.5 Å². The van der Waals surface area contributed by atoms with Crippen molar-refractivity contribution in [2.75, 3.05) is 12.4 Å². The first-order chi connectivity index (χ1) is 15.6. The quantitative estimate of drug-likeness (QED) is 0.677. The number of aromatic nitrogens is 1. The van der Waals surface area contributed by atoms with Gasteiger partial charge in [-0.25, -0.2) is 0 Å². The average Bonchev–Trinajstić information content (AvgIpc) is 3.14. The van der Waals surface area contributed by atoms with E-state index in [0.29, 0.717) is 28.5 Å². The molecule has 6 nitrogen and oxygen atoms in total. The van der Waals surface area contributed by atoms with Gasteiger partial charge >= 0.3 is 6.18 Å². The van der Waals surface area contributed by atoms with Crippen molar-refractivity contribution in [3.8, 4) is 0 Å². The molecule has 2 heterocycles. The normalized spacial score (nSPS) is 21.2. The molecule has 0 saturated carbocycles. The van der Waals surface area contributed by atoms with Crippen LogP contribution in [0.1, 0.15) is 42.1 Å². The van der Waals surface area contributed by atoms with E-state index in [4.69, 9.17) is 11.6 Å². The second kappa shape index (κ2) is 9.21. The molecule has 1 aromatic carbocycles. The lowest BCUT2D eigenvalue weighted by Crippen LogP contribution is -2.52. The summed E-state index contributed by atoms with van der Waals surface area (Å²) in [7, 11) is 1.09. The summed E-state index contributed by atoms with van der Waals surface area (Å²) < 4.78 is 41.8. The Balaban J connectivity index is 1.46. The Bertz CT molecular complexity index is 1040. The van der Waals surface area contributed by atoms with Crippen molar-refractivity contribution in [2.45, 2.75) is 56.4 Å². The number of rotatable bonds is 5.